The molecular formula is C33H42N2O13. The number of aliphatic hydroxyl groups excluding tert-OH is 2. The molecule has 1 fully saturated rings. The first-order valence-electron chi connectivity index (χ1n) is 15.4. The second-order valence-corrected chi connectivity index (χ2v) is 12.7. The number of phenolic OH excluding ortho intramolecular Hbond substituents is 2. The Morgan fingerprint density at radius 1 is 1.10 bits per heavy atom. The Hall–Kier alpha value is -3.96. The van der Waals surface area contributed by atoms with Crippen LogP contribution < -0.4 is 16.2 Å². The minimum atomic E-state index is -2.24. The molecule has 15 heteroatoms. The summed E-state index contributed by atoms with van der Waals surface area (Å²) in [6.07, 6.45) is -4.57. The number of rotatable bonds is 8. The van der Waals surface area contributed by atoms with Crippen molar-refractivity contribution >= 4 is 23.3 Å². The summed E-state index contributed by atoms with van der Waals surface area (Å²) in [5, 5.41) is 62.0. The maximum Gasteiger partial charge on any atom is 0.320 e. The lowest BCUT2D eigenvalue weighted by Gasteiger charge is -2.42. The number of fused-ring (bicyclic) bond motifs is 3. The fourth-order valence-electron chi connectivity index (χ4n) is 6.36. The summed E-state index contributed by atoms with van der Waals surface area (Å²) in [4.78, 5) is 49.8. The highest BCUT2D eigenvalue weighted by molar-refractivity contribution is 6.31. The number of aliphatic hydroxyl groups is 3. The average molecular weight is 675 g/mol. The van der Waals surface area contributed by atoms with Crippen LogP contribution in [0.1, 0.15) is 89.1 Å². The Bertz CT molecular complexity index is 1600. The third-order valence-electron chi connectivity index (χ3n) is 8.85. The monoisotopic (exact) mass is 674 g/mol. The van der Waals surface area contributed by atoms with Crippen molar-refractivity contribution in [2.45, 2.75) is 88.7 Å². The molecule has 2 aliphatic carbocycles. The molecule has 0 radical (unpaired) electrons. The van der Waals surface area contributed by atoms with Crippen molar-refractivity contribution in [3.05, 3.63) is 51.6 Å². The van der Waals surface area contributed by atoms with Gasteiger partial charge in [0.25, 0.3) is 0 Å². The van der Waals surface area contributed by atoms with Gasteiger partial charge in [-0.25, -0.2) is 0 Å². The van der Waals surface area contributed by atoms with Gasteiger partial charge in [-0.15, -0.1) is 0 Å². The normalized spacial score (nSPS) is 26.8. The van der Waals surface area contributed by atoms with Gasteiger partial charge in [-0.2, -0.15) is 0 Å². The Morgan fingerprint density at radius 3 is 2.29 bits per heavy atom. The molecule has 0 saturated carbocycles. The summed E-state index contributed by atoms with van der Waals surface area (Å²) in [6, 6.07) is 2.95. The number of nitrogens with two attached hydrogens (primary N) is 2. The van der Waals surface area contributed by atoms with E-state index in [0.717, 1.165) is 0 Å². The molecule has 1 aliphatic heterocycles. The van der Waals surface area contributed by atoms with Crippen LogP contribution in [0.15, 0.2) is 18.2 Å². The first kappa shape index (κ1) is 36.9. The molecule has 0 aromatic heterocycles. The fourth-order valence-corrected chi connectivity index (χ4v) is 6.36. The van der Waals surface area contributed by atoms with E-state index < -0.39 is 108 Å². The van der Waals surface area contributed by atoms with Crippen molar-refractivity contribution < 1.29 is 64.0 Å². The molecule has 48 heavy (non-hydrogen) atoms. The number of carbonyl (C=O) groups is 4. The number of carbonyl (C=O) groups excluding carboxylic acids is 3. The number of carboxylic acid groups (broad SMARTS) is 1. The molecule has 0 amide bonds. The van der Waals surface area contributed by atoms with Crippen LogP contribution in [-0.2, 0) is 25.5 Å². The second-order valence-electron chi connectivity index (χ2n) is 12.7. The fraction of sp³-hybridized carbons (Fsp3) is 0.515. The Balaban J connectivity index is 0.000000508. The van der Waals surface area contributed by atoms with Gasteiger partial charge in [-0.05, 0) is 25.3 Å². The van der Waals surface area contributed by atoms with E-state index in [2.05, 4.69) is 0 Å². The maximum absolute atomic E-state index is 13.6. The third-order valence-corrected chi connectivity index (χ3v) is 8.85. The molecule has 0 bridgehead atoms. The summed E-state index contributed by atoms with van der Waals surface area (Å²) >= 11 is 0. The number of aliphatic carboxylic acids is 1. The molecule has 10 N–H and O–H groups in total. The molecule has 1 heterocycles. The molecule has 15 nitrogen and oxygen atoms in total. The van der Waals surface area contributed by atoms with Crippen molar-refractivity contribution in [2.75, 3.05) is 13.7 Å². The van der Waals surface area contributed by atoms with E-state index in [1.54, 1.807) is 6.92 Å². The van der Waals surface area contributed by atoms with Crippen LogP contribution in [0.5, 0.6) is 17.2 Å². The highest BCUT2D eigenvalue weighted by atomic mass is 16.7. The lowest BCUT2D eigenvalue weighted by molar-refractivity contribution is -0.247. The summed E-state index contributed by atoms with van der Waals surface area (Å²) in [6.45, 7) is 4.45. The highest BCUT2D eigenvalue weighted by Gasteiger charge is 2.50. The Kier molecular flexibility index (Phi) is 11.0. The van der Waals surface area contributed by atoms with Crippen molar-refractivity contribution in [1.29, 1.82) is 0 Å². The first-order chi connectivity index (χ1) is 22.5. The number of hydrogen-bond donors (Lipinski definition) is 8. The number of ketones is 3. The summed E-state index contributed by atoms with van der Waals surface area (Å²) < 4.78 is 17.0. The molecule has 262 valence electrons. The van der Waals surface area contributed by atoms with Crippen LogP contribution >= 0.6 is 0 Å². The molecular weight excluding hydrogens is 632 g/mol. The van der Waals surface area contributed by atoms with E-state index in [0.29, 0.717) is 12.3 Å². The Morgan fingerprint density at radius 2 is 1.75 bits per heavy atom. The van der Waals surface area contributed by atoms with Gasteiger partial charge in [0, 0.05) is 42.0 Å². The standard InChI is InChI=1S/C27H29NO11.C6H13NO2/c1-10-22(31)13(28)6-17(38-10)39-15-8-27(36,16(30)9-29)7-12-19(15)26(35)21-20(24(12)33)23(32)11-4-3-5-14(37-2)18(11)25(21)34;1-4(2)3-5(7)6(8)9/h3-5,10,13,15,17,22,29,31,33,35-36H,6-9,28H2,1-2H3;4-5H,3,7H2,1-2H3,(H,8,9)/t10-,13-,15-,17-,22+,27-;/m0./s1. The van der Waals surface area contributed by atoms with Crippen molar-refractivity contribution in [2.24, 2.45) is 17.4 Å². The molecule has 5 rings (SSSR count). The number of benzene rings is 2. The number of Topliss-reactive ketones (excluding diaryl/α,β-unsaturated/α-hetero) is 1. The Labute approximate surface area is 276 Å². The van der Waals surface area contributed by atoms with Crippen LogP contribution in [-0.4, -0.2) is 104 Å². The van der Waals surface area contributed by atoms with Crippen LogP contribution in [0.2, 0.25) is 0 Å². The zero-order valence-electron chi connectivity index (χ0n) is 27.0. The quantitative estimate of drug-likeness (QED) is 0.151. The van der Waals surface area contributed by atoms with Crippen LogP contribution in [0, 0.1) is 5.92 Å². The zero-order valence-corrected chi connectivity index (χ0v) is 27.0. The molecule has 1 unspecified atom stereocenters. The van der Waals surface area contributed by atoms with E-state index in [1.165, 1.54) is 25.3 Å². The SMILES string of the molecule is CC(C)CC(N)C(=O)O.COc1cccc2c1C(=O)c1c(O)c3c(c(O)c1C2=O)C[C@@](O)(C(=O)CO)C[C@@H]3O[C@H]1C[C@H](N)[C@H](O)[C@H](C)O1. The first-order valence-corrected chi connectivity index (χ1v) is 15.4. The van der Waals surface area contributed by atoms with Gasteiger partial charge < -0.3 is 56.3 Å². The van der Waals surface area contributed by atoms with E-state index in [4.69, 9.17) is 30.8 Å². The van der Waals surface area contributed by atoms with E-state index in [1.807, 2.05) is 13.8 Å². The predicted molar refractivity (Wildman–Crippen MR) is 167 cm³/mol. The highest BCUT2D eigenvalue weighted by Crippen LogP contribution is 2.52. The van der Waals surface area contributed by atoms with Gasteiger partial charge in [0.1, 0.15) is 35.5 Å². The van der Waals surface area contributed by atoms with Gasteiger partial charge in [0.05, 0.1) is 42.1 Å². The van der Waals surface area contributed by atoms with Crippen molar-refractivity contribution in [1.82, 2.24) is 0 Å². The molecule has 2 aromatic rings. The summed E-state index contributed by atoms with van der Waals surface area (Å²) in [7, 11) is 1.32. The number of aromatic hydroxyl groups is 2. The van der Waals surface area contributed by atoms with E-state index in [-0.39, 0.29) is 34.4 Å². The van der Waals surface area contributed by atoms with Gasteiger partial charge in [-0.3, -0.25) is 19.2 Å². The molecule has 2 aromatic carbocycles. The average Bonchev–Trinajstić information content (AvgIpc) is 3.02. The van der Waals surface area contributed by atoms with Crippen LogP contribution in [0.25, 0.3) is 0 Å². The number of hydrogen-bond acceptors (Lipinski definition) is 14. The number of ether oxygens (including phenoxy) is 3. The second kappa shape index (κ2) is 14.3. The van der Waals surface area contributed by atoms with Crippen molar-refractivity contribution in [3.63, 3.8) is 0 Å². The summed E-state index contributed by atoms with van der Waals surface area (Å²) in [5.74, 6) is -4.33. The van der Waals surface area contributed by atoms with Crippen LogP contribution in [0.4, 0.5) is 0 Å². The number of carboxylic acids is 1. The summed E-state index contributed by atoms with van der Waals surface area (Å²) in [5.41, 5.74) is 7.59. The largest absolute Gasteiger partial charge is 0.507 e. The topological polar surface area (TPSA) is 269 Å². The lowest BCUT2D eigenvalue weighted by atomic mass is 9.72. The van der Waals surface area contributed by atoms with Crippen LogP contribution in [0.3, 0.4) is 0 Å². The van der Waals surface area contributed by atoms with Gasteiger partial charge in [0.15, 0.2) is 17.9 Å². The predicted octanol–water partition coefficient (Wildman–Crippen LogP) is 0.446. The lowest BCUT2D eigenvalue weighted by Crippen LogP contribution is -2.53. The van der Waals surface area contributed by atoms with Gasteiger partial charge >= 0.3 is 5.97 Å². The smallest absolute Gasteiger partial charge is 0.320 e. The minimum absolute atomic E-state index is 0.0173. The van der Waals surface area contributed by atoms with Gasteiger partial charge in [-0.1, -0.05) is 26.0 Å². The molecule has 7 atom stereocenters. The van der Waals surface area contributed by atoms with Gasteiger partial charge in [0.2, 0.25) is 5.78 Å². The minimum Gasteiger partial charge on any atom is -0.507 e. The molecule has 0 spiro atoms. The number of phenols is 2. The van der Waals surface area contributed by atoms with E-state index >= 15 is 0 Å². The van der Waals surface area contributed by atoms with E-state index in [9.17, 15) is 44.7 Å². The molecule has 3 aliphatic rings. The van der Waals surface area contributed by atoms with Crippen molar-refractivity contribution in [3.8, 4) is 17.2 Å². The molecule has 1 saturated heterocycles. The zero-order chi connectivity index (χ0) is 35.8. The number of methoxy groups -OCH3 is 1. The third kappa shape index (κ3) is 6.80. The maximum atomic E-state index is 13.6.